The average molecular weight is 207 g/mol. The molecule has 1 aromatic carbocycles. The van der Waals surface area contributed by atoms with Crippen molar-refractivity contribution < 1.29 is 9.53 Å². The summed E-state index contributed by atoms with van der Waals surface area (Å²) in [5.41, 5.74) is 0.687. The third-order valence-corrected chi connectivity index (χ3v) is 2.23. The van der Waals surface area contributed by atoms with Crippen molar-refractivity contribution >= 4 is 5.91 Å². The minimum absolute atomic E-state index is 0.0421. The van der Waals surface area contributed by atoms with Crippen molar-refractivity contribution in [3.63, 3.8) is 0 Å². The molecule has 0 spiro atoms. The lowest BCUT2D eigenvalue weighted by molar-refractivity contribution is 0.0894. The number of benzene rings is 1. The molecule has 15 heavy (non-hydrogen) atoms. The minimum Gasteiger partial charge on any atom is -0.383 e. The Bertz CT molecular complexity index is 298. The predicted molar refractivity (Wildman–Crippen MR) is 59.9 cm³/mol. The number of nitrogens with one attached hydrogen (secondary N) is 1. The van der Waals surface area contributed by atoms with Gasteiger partial charge >= 0.3 is 0 Å². The lowest BCUT2D eigenvalue weighted by atomic mass is 10.2. The summed E-state index contributed by atoms with van der Waals surface area (Å²) in [6.07, 6.45) is 0.867. The Kier molecular flexibility index (Phi) is 4.84. The highest BCUT2D eigenvalue weighted by atomic mass is 16.5. The van der Waals surface area contributed by atoms with E-state index in [1.807, 2.05) is 25.1 Å². The summed E-state index contributed by atoms with van der Waals surface area (Å²) in [5.74, 6) is -0.0421. The average Bonchev–Trinajstić information content (AvgIpc) is 2.29. The normalized spacial score (nSPS) is 12.1. The third-order valence-electron chi connectivity index (χ3n) is 2.23. The van der Waals surface area contributed by atoms with E-state index in [2.05, 4.69) is 5.32 Å². The summed E-state index contributed by atoms with van der Waals surface area (Å²) in [6.45, 7) is 2.57. The van der Waals surface area contributed by atoms with Gasteiger partial charge in [0.25, 0.3) is 5.91 Å². The number of methoxy groups -OCH3 is 1. The zero-order valence-corrected chi connectivity index (χ0v) is 9.19. The number of ether oxygens (including phenoxy) is 1. The molecular weight excluding hydrogens is 190 g/mol. The van der Waals surface area contributed by atoms with Crippen LogP contribution in [0.15, 0.2) is 30.3 Å². The van der Waals surface area contributed by atoms with Crippen molar-refractivity contribution in [2.24, 2.45) is 0 Å². The molecule has 0 aromatic heterocycles. The first kappa shape index (κ1) is 11.7. The molecule has 0 aliphatic carbocycles. The second-order valence-corrected chi connectivity index (χ2v) is 3.40. The van der Waals surface area contributed by atoms with Gasteiger partial charge in [-0.3, -0.25) is 4.79 Å². The number of rotatable bonds is 5. The fourth-order valence-electron chi connectivity index (χ4n) is 1.32. The van der Waals surface area contributed by atoms with Gasteiger partial charge in [-0.05, 0) is 18.6 Å². The van der Waals surface area contributed by atoms with Crippen LogP contribution in [0.3, 0.4) is 0 Å². The van der Waals surface area contributed by atoms with Crippen molar-refractivity contribution in [2.45, 2.75) is 19.4 Å². The molecule has 0 unspecified atom stereocenters. The van der Waals surface area contributed by atoms with Gasteiger partial charge in [-0.25, -0.2) is 0 Å². The third kappa shape index (κ3) is 3.72. The second kappa shape index (κ2) is 6.19. The standard InChI is InChI=1S/C12H17NO2/c1-3-11(9-15-2)13-12(14)10-7-5-4-6-8-10/h4-8,11H,3,9H2,1-2H3,(H,13,14)/t11-/m1/s1. The summed E-state index contributed by atoms with van der Waals surface area (Å²) in [6, 6.07) is 9.29. The van der Waals surface area contributed by atoms with E-state index in [0.717, 1.165) is 6.42 Å². The Balaban J connectivity index is 2.55. The topological polar surface area (TPSA) is 38.3 Å². The molecule has 0 radical (unpaired) electrons. The van der Waals surface area contributed by atoms with Crippen LogP contribution < -0.4 is 5.32 Å². The van der Waals surface area contributed by atoms with E-state index >= 15 is 0 Å². The van der Waals surface area contributed by atoms with Crippen LogP contribution in [0, 0.1) is 0 Å². The van der Waals surface area contributed by atoms with Gasteiger partial charge in [-0.15, -0.1) is 0 Å². The van der Waals surface area contributed by atoms with Gasteiger partial charge in [0, 0.05) is 12.7 Å². The Hall–Kier alpha value is -1.35. The molecule has 82 valence electrons. The largest absolute Gasteiger partial charge is 0.383 e. The van der Waals surface area contributed by atoms with E-state index in [-0.39, 0.29) is 11.9 Å². The Morgan fingerprint density at radius 2 is 2.07 bits per heavy atom. The van der Waals surface area contributed by atoms with Crippen LogP contribution in [0.4, 0.5) is 0 Å². The summed E-state index contributed by atoms with van der Waals surface area (Å²) in [5, 5.41) is 2.92. The van der Waals surface area contributed by atoms with Crippen molar-refractivity contribution in [1.29, 1.82) is 0 Å². The summed E-state index contributed by atoms with van der Waals surface area (Å²) in [4.78, 5) is 11.7. The smallest absolute Gasteiger partial charge is 0.251 e. The molecule has 0 fully saturated rings. The molecule has 0 saturated heterocycles. The molecule has 1 amide bonds. The van der Waals surface area contributed by atoms with Gasteiger partial charge in [-0.1, -0.05) is 25.1 Å². The molecule has 1 atom stereocenters. The Labute approximate surface area is 90.4 Å². The van der Waals surface area contributed by atoms with Gasteiger partial charge in [0.2, 0.25) is 0 Å². The summed E-state index contributed by atoms with van der Waals surface area (Å²) < 4.78 is 5.02. The molecular formula is C12H17NO2. The molecule has 3 heteroatoms. The Morgan fingerprint density at radius 1 is 1.40 bits per heavy atom. The van der Waals surface area contributed by atoms with Crippen LogP contribution in [-0.2, 0) is 4.74 Å². The number of carbonyl (C=O) groups excluding carboxylic acids is 1. The molecule has 3 nitrogen and oxygen atoms in total. The van der Waals surface area contributed by atoms with E-state index < -0.39 is 0 Å². The monoisotopic (exact) mass is 207 g/mol. The van der Waals surface area contributed by atoms with E-state index in [0.29, 0.717) is 12.2 Å². The SMILES string of the molecule is CC[C@H](COC)NC(=O)c1ccccc1. The fraction of sp³-hybridized carbons (Fsp3) is 0.417. The maximum absolute atomic E-state index is 11.7. The highest BCUT2D eigenvalue weighted by molar-refractivity contribution is 5.94. The van der Waals surface area contributed by atoms with Gasteiger partial charge in [0.1, 0.15) is 0 Å². The zero-order valence-electron chi connectivity index (χ0n) is 9.19. The van der Waals surface area contributed by atoms with Gasteiger partial charge in [-0.2, -0.15) is 0 Å². The zero-order chi connectivity index (χ0) is 11.1. The number of hydrogen-bond acceptors (Lipinski definition) is 2. The minimum atomic E-state index is -0.0421. The van der Waals surface area contributed by atoms with Crippen LogP contribution in [0.2, 0.25) is 0 Å². The highest BCUT2D eigenvalue weighted by Crippen LogP contribution is 2.00. The number of hydrogen-bond donors (Lipinski definition) is 1. The summed E-state index contributed by atoms with van der Waals surface area (Å²) in [7, 11) is 1.64. The Morgan fingerprint density at radius 3 is 2.60 bits per heavy atom. The van der Waals surface area contributed by atoms with Crippen LogP contribution in [0.25, 0.3) is 0 Å². The van der Waals surface area contributed by atoms with E-state index in [1.54, 1.807) is 19.2 Å². The van der Waals surface area contributed by atoms with E-state index in [9.17, 15) is 4.79 Å². The van der Waals surface area contributed by atoms with Gasteiger partial charge in [0.05, 0.1) is 12.6 Å². The van der Waals surface area contributed by atoms with Crippen molar-refractivity contribution in [1.82, 2.24) is 5.32 Å². The molecule has 1 rings (SSSR count). The predicted octanol–water partition coefficient (Wildman–Crippen LogP) is 1.84. The maximum Gasteiger partial charge on any atom is 0.251 e. The first-order chi connectivity index (χ1) is 7.27. The van der Waals surface area contributed by atoms with E-state index in [4.69, 9.17) is 4.74 Å². The van der Waals surface area contributed by atoms with Crippen LogP contribution >= 0.6 is 0 Å². The van der Waals surface area contributed by atoms with Crippen molar-refractivity contribution in [3.05, 3.63) is 35.9 Å². The lowest BCUT2D eigenvalue weighted by Gasteiger charge is -2.15. The van der Waals surface area contributed by atoms with Gasteiger partial charge < -0.3 is 10.1 Å². The molecule has 0 aliphatic rings. The first-order valence-corrected chi connectivity index (χ1v) is 5.12. The van der Waals surface area contributed by atoms with Gasteiger partial charge in [0.15, 0.2) is 0 Å². The van der Waals surface area contributed by atoms with Crippen LogP contribution in [-0.4, -0.2) is 25.7 Å². The molecule has 0 bridgehead atoms. The maximum atomic E-state index is 11.7. The molecule has 0 aliphatic heterocycles. The fourth-order valence-corrected chi connectivity index (χ4v) is 1.32. The highest BCUT2D eigenvalue weighted by Gasteiger charge is 2.10. The molecule has 0 saturated carbocycles. The molecule has 1 N–H and O–H groups in total. The van der Waals surface area contributed by atoms with E-state index in [1.165, 1.54) is 0 Å². The van der Waals surface area contributed by atoms with Crippen LogP contribution in [0.5, 0.6) is 0 Å². The lowest BCUT2D eigenvalue weighted by Crippen LogP contribution is -2.37. The second-order valence-electron chi connectivity index (χ2n) is 3.40. The number of carbonyl (C=O) groups is 1. The quantitative estimate of drug-likeness (QED) is 0.800. The summed E-state index contributed by atoms with van der Waals surface area (Å²) >= 11 is 0. The van der Waals surface area contributed by atoms with Crippen molar-refractivity contribution in [2.75, 3.05) is 13.7 Å². The molecule has 0 heterocycles. The van der Waals surface area contributed by atoms with Crippen molar-refractivity contribution in [3.8, 4) is 0 Å². The molecule has 1 aromatic rings. The van der Waals surface area contributed by atoms with Crippen LogP contribution in [0.1, 0.15) is 23.7 Å². The number of amides is 1. The first-order valence-electron chi connectivity index (χ1n) is 5.12.